The Kier molecular flexibility index (Phi) is 12.0. The minimum absolute atomic E-state index is 0.0220. The quantitative estimate of drug-likeness (QED) is 0.0660. The Hall–Kier alpha value is -4.44. The maximum atomic E-state index is 12.2. The highest BCUT2D eigenvalue weighted by Crippen LogP contribution is 2.83. The number of carbonyl (C=O) groups excluding carboxylic acids is 5. The van der Waals surface area contributed by atoms with Crippen LogP contribution in [0.25, 0.3) is 0 Å². The van der Waals surface area contributed by atoms with Crippen LogP contribution in [0.2, 0.25) is 0 Å². The van der Waals surface area contributed by atoms with Crippen LogP contribution in [-0.4, -0.2) is 210 Å². The second-order valence-corrected chi connectivity index (χ2v) is 31.4. The van der Waals surface area contributed by atoms with Gasteiger partial charge in [0.15, 0.2) is 41.0 Å². The van der Waals surface area contributed by atoms with Crippen LogP contribution in [0, 0.1) is 57.2 Å². The summed E-state index contributed by atoms with van der Waals surface area (Å²) in [6.07, 6.45) is -3.23. The molecule has 9 aliphatic heterocycles. The summed E-state index contributed by atoms with van der Waals surface area (Å²) < 4.78 is 71.1. The molecule has 0 amide bonds. The second-order valence-electron chi connectivity index (χ2n) is 31.4. The summed E-state index contributed by atoms with van der Waals surface area (Å²) in [6.45, 7) is 22.3. The molecule has 6 spiro atoms. The summed E-state index contributed by atoms with van der Waals surface area (Å²) in [7, 11) is 0. The van der Waals surface area contributed by atoms with Crippen LogP contribution in [0.4, 0.5) is 0 Å². The number of carbonyl (C=O) groups is 5. The van der Waals surface area contributed by atoms with Crippen molar-refractivity contribution < 1.29 is 111 Å². The molecule has 0 aromatic heterocycles. The zero-order valence-corrected chi connectivity index (χ0v) is 53.0. The molecule has 492 valence electrons. The van der Waals surface area contributed by atoms with E-state index in [4.69, 9.17) is 62.3 Å². The van der Waals surface area contributed by atoms with Gasteiger partial charge < -0.3 is 87.5 Å². The molecule has 24 heteroatoms. The topological polar surface area (TPSA) is 361 Å². The van der Waals surface area contributed by atoms with Gasteiger partial charge in [0.25, 0.3) is 0 Å². The van der Waals surface area contributed by atoms with Crippen LogP contribution in [0.1, 0.15) is 141 Å². The van der Waals surface area contributed by atoms with Gasteiger partial charge in [0.05, 0.1) is 18.3 Å². The van der Waals surface area contributed by atoms with E-state index in [9.17, 15) is 54.6 Å². The standard InChI is InChI=1S/C22H29NO7.2C22H28O8/c3*1-9(2)20(26)15(28-10(3)23)16-22(30-16)19(4)6-5-11-12(8-27-17(11)24)13(19)7-14-21(22,29-14)18(20)25/h9,13-16,18,23,25-26H,5-8H2,1-4H3;2*9,13-16,18,25-26H,5-8H2,1-4H3/t3*13-,14-,15+,16-,18+,19-,20-,21+,22+/m000/s1. The summed E-state index contributed by atoms with van der Waals surface area (Å²) in [4.78, 5) is 60.4. The molecule has 18 rings (SSSR count). The van der Waals surface area contributed by atoms with E-state index in [0.29, 0.717) is 77.6 Å². The Morgan fingerprint density at radius 2 is 0.733 bits per heavy atom. The summed E-state index contributed by atoms with van der Waals surface area (Å²) in [5.74, 6) is -2.76. The summed E-state index contributed by atoms with van der Waals surface area (Å²) in [6, 6.07) is 0. The third kappa shape index (κ3) is 6.39. The van der Waals surface area contributed by atoms with E-state index in [1.807, 2.05) is 13.8 Å². The molecule has 9 heterocycles. The third-order valence-electron chi connectivity index (χ3n) is 27.5. The zero-order valence-electron chi connectivity index (χ0n) is 53.0. The molecule has 27 atom stereocenters. The number of hydrogen-bond acceptors (Lipinski definition) is 24. The van der Waals surface area contributed by atoms with Crippen molar-refractivity contribution in [1.82, 2.24) is 0 Å². The number of aliphatic hydroxyl groups excluding tert-OH is 3. The highest BCUT2D eigenvalue weighted by atomic mass is 16.7. The van der Waals surface area contributed by atoms with E-state index in [0.717, 1.165) is 33.4 Å². The lowest BCUT2D eigenvalue weighted by Gasteiger charge is -2.57. The first-order valence-electron chi connectivity index (χ1n) is 32.7. The van der Waals surface area contributed by atoms with Gasteiger partial charge >= 0.3 is 29.8 Å². The van der Waals surface area contributed by atoms with Crippen molar-refractivity contribution in [1.29, 1.82) is 5.41 Å². The third-order valence-corrected chi connectivity index (χ3v) is 27.5. The van der Waals surface area contributed by atoms with Crippen LogP contribution >= 0.6 is 0 Å². The minimum atomic E-state index is -1.68. The van der Waals surface area contributed by atoms with Gasteiger partial charge in [-0.3, -0.25) is 15.0 Å². The highest BCUT2D eigenvalue weighted by Gasteiger charge is 3.00. The van der Waals surface area contributed by atoms with Crippen molar-refractivity contribution >= 4 is 35.7 Å². The lowest BCUT2D eigenvalue weighted by molar-refractivity contribution is -0.232. The van der Waals surface area contributed by atoms with Crippen molar-refractivity contribution in [2.45, 2.75) is 265 Å². The predicted molar refractivity (Wildman–Crippen MR) is 303 cm³/mol. The van der Waals surface area contributed by atoms with E-state index < -0.39 is 134 Å². The van der Waals surface area contributed by atoms with Crippen molar-refractivity contribution in [3.8, 4) is 0 Å². The molecule has 0 radical (unpaired) electrons. The molecule has 90 heavy (non-hydrogen) atoms. The number of cyclic esters (lactones) is 3. The Labute approximate surface area is 520 Å². The normalized spacial score (nSPS) is 55.0. The molecular weight excluding hydrogens is 1170 g/mol. The van der Waals surface area contributed by atoms with Gasteiger partial charge in [0.1, 0.15) is 90.1 Å². The first-order valence-corrected chi connectivity index (χ1v) is 32.7. The van der Waals surface area contributed by atoms with E-state index in [2.05, 4.69) is 20.8 Å². The van der Waals surface area contributed by atoms with Gasteiger partial charge in [-0.1, -0.05) is 62.3 Å². The highest BCUT2D eigenvalue weighted by molar-refractivity contribution is 5.93. The fraction of sp³-hybridized carbons (Fsp3) is 0.818. The molecule has 0 aromatic rings. The number of nitrogens with one attached hydrogen (secondary N) is 1. The summed E-state index contributed by atoms with van der Waals surface area (Å²) in [5.41, 5.74) is -6.44. The molecule has 0 bridgehead atoms. The summed E-state index contributed by atoms with van der Waals surface area (Å²) in [5, 5.41) is 77.7. The largest absolute Gasteiger partial charge is 0.472 e. The van der Waals surface area contributed by atoms with Gasteiger partial charge in [-0.15, -0.1) is 0 Å². The maximum Gasteiger partial charge on any atom is 0.334 e. The number of esters is 5. The van der Waals surface area contributed by atoms with Crippen molar-refractivity contribution in [3.05, 3.63) is 33.4 Å². The lowest BCUT2D eigenvalue weighted by Crippen LogP contribution is -2.76. The molecule has 0 unspecified atom stereocenters. The minimum Gasteiger partial charge on any atom is -0.472 e. The Morgan fingerprint density at radius 1 is 0.467 bits per heavy atom. The molecule has 7 N–H and O–H groups in total. The molecule has 18 aliphatic rings. The van der Waals surface area contributed by atoms with Gasteiger partial charge in [-0.25, -0.2) is 14.4 Å². The molecule has 24 nitrogen and oxygen atoms in total. The van der Waals surface area contributed by atoms with Gasteiger partial charge in [-0.05, 0) is 110 Å². The maximum absolute atomic E-state index is 12.2. The molecule has 12 fully saturated rings. The van der Waals surface area contributed by atoms with Gasteiger partial charge in [0.2, 0.25) is 0 Å². The fourth-order valence-electron chi connectivity index (χ4n) is 22.8. The average Bonchev–Trinajstić information content (AvgIpc) is 1.45. The van der Waals surface area contributed by atoms with E-state index >= 15 is 0 Å². The van der Waals surface area contributed by atoms with E-state index in [1.54, 1.807) is 27.7 Å². The first-order chi connectivity index (χ1) is 42.2. The van der Waals surface area contributed by atoms with Gasteiger partial charge in [-0.2, -0.15) is 0 Å². The fourth-order valence-corrected chi connectivity index (χ4v) is 22.8. The van der Waals surface area contributed by atoms with Crippen molar-refractivity contribution in [2.75, 3.05) is 19.8 Å². The number of ether oxygens (including phenoxy) is 12. The predicted octanol–water partition coefficient (Wildman–Crippen LogP) is 2.34. The number of rotatable bonds is 6. The smallest absolute Gasteiger partial charge is 0.334 e. The molecule has 0 aromatic carbocycles. The Bertz CT molecular complexity index is 3090. The number of fused-ring (bicyclic) bond motifs is 6. The molecule has 6 saturated heterocycles. The second kappa shape index (κ2) is 17.9. The zero-order chi connectivity index (χ0) is 64.3. The van der Waals surface area contributed by atoms with Crippen LogP contribution in [0.3, 0.4) is 0 Å². The van der Waals surface area contributed by atoms with E-state index in [1.165, 1.54) is 20.8 Å². The van der Waals surface area contributed by atoms with Gasteiger partial charge in [0, 0.05) is 53.7 Å². The van der Waals surface area contributed by atoms with Crippen molar-refractivity contribution in [2.24, 2.45) is 51.8 Å². The monoisotopic (exact) mass is 1260 g/mol. The van der Waals surface area contributed by atoms with E-state index in [-0.39, 0.29) is 77.6 Å². The molecular formula is C66H85NO23. The van der Waals surface area contributed by atoms with Crippen LogP contribution in [-0.2, 0) is 80.8 Å². The lowest BCUT2D eigenvalue weighted by atomic mass is 9.45. The number of epoxide rings is 6. The SMILES string of the molecule is CC(=N)O[C@@H]1[C@@H]2O[C@]23[C@]2(O[C@H]2C[C@H]2C4=C(CC[C@@]23C)C(=O)OC4)[C@H](O)[C@]1(O)C(C)C.CC(=O)O[C@@H]1[C@@H]2O[C@]23[C@]2(O[C@H]2C[C@H]2C4=C(CC[C@@]23C)C(=O)OC4)[C@H](O)[C@]1(O)C(C)C.CC(=O)O[C@@H]1[C@@H]2O[C@]23[C@]2(O[C@H]2C[C@H]2C4=C(CC[C@@]23C)C(=O)OC4)[C@H](O)[C@]1(O)C(C)C. The van der Waals surface area contributed by atoms with Crippen molar-refractivity contribution in [3.63, 3.8) is 0 Å². The Balaban J connectivity index is 0.000000108. The molecule has 9 aliphatic carbocycles. The Morgan fingerprint density at radius 3 is 0.978 bits per heavy atom. The molecule has 6 saturated carbocycles. The van der Waals surface area contributed by atoms with Crippen LogP contribution in [0.15, 0.2) is 33.4 Å². The number of aliphatic hydroxyl groups is 6. The first kappa shape index (κ1) is 60.5. The van der Waals surface area contributed by atoms with Crippen LogP contribution < -0.4 is 0 Å². The average molecular weight is 1260 g/mol. The van der Waals surface area contributed by atoms with Crippen LogP contribution in [0.5, 0.6) is 0 Å². The number of hydrogen-bond donors (Lipinski definition) is 7. The summed E-state index contributed by atoms with van der Waals surface area (Å²) >= 11 is 0.